The Labute approximate surface area is 174 Å². The van der Waals surface area contributed by atoms with E-state index in [9.17, 15) is 19.5 Å². The summed E-state index contributed by atoms with van der Waals surface area (Å²) >= 11 is 0. The second kappa shape index (κ2) is 9.52. The number of ether oxygens (including phenoxy) is 1. The van der Waals surface area contributed by atoms with E-state index in [2.05, 4.69) is 5.32 Å². The van der Waals surface area contributed by atoms with Crippen molar-refractivity contribution in [3.63, 3.8) is 0 Å². The number of carboxylic acids is 1. The van der Waals surface area contributed by atoms with E-state index in [0.29, 0.717) is 0 Å². The van der Waals surface area contributed by atoms with Crippen LogP contribution in [-0.4, -0.2) is 29.0 Å². The van der Waals surface area contributed by atoms with Crippen LogP contribution in [0.1, 0.15) is 34.3 Å². The number of hydrogen-bond donors (Lipinski definition) is 2. The van der Waals surface area contributed by atoms with Gasteiger partial charge < -0.3 is 15.2 Å². The first-order chi connectivity index (χ1) is 14.5. The maximum absolute atomic E-state index is 12.8. The van der Waals surface area contributed by atoms with Crippen LogP contribution in [0.25, 0.3) is 0 Å². The maximum Gasteiger partial charge on any atom is 0.327 e. The molecule has 0 radical (unpaired) electrons. The van der Waals surface area contributed by atoms with Crippen molar-refractivity contribution in [2.45, 2.75) is 18.9 Å². The molecule has 0 heterocycles. The summed E-state index contributed by atoms with van der Waals surface area (Å²) in [5, 5.41) is 12.6. The van der Waals surface area contributed by atoms with Crippen molar-refractivity contribution in [1.82, 2.24) is 5.32 Å². The number of carbonyl (C=O) groups excluding carboxylic acids is 2. The Morgan fingerprint density at radius 2 is 1.40 bits per heavy atom. The largest absolute Gasteiger partial charge is 0.480 e. The van der Waals surface area contributed by atoms with Gasteiger partial charge in [-0.3, -0.25) is 9.59 Å². The van der Waals surface area contributed by atoms with E-state index in [0.717, 1.165) is 11.1 Å². The van der Waals surface area contributed by atoms with Gasteiger partial charge in [-0.25, -0.2) is 4.79 Å². The molecule has 3 rings (SSSR count). The van der Waals surface area contributed by atoms with E-state index in [1.807, 2.05) is 60.7 Å². The van der Waals surface area contributed by atoms with E-state index >= 15 is 0 Å². The molecule has 30 heavy (non-hydrogen) atoms. The van der Waals surface area contributed by atoms with E-state index in [-0.39, 0.29) is 11.3 Å². The van der Waals surface area contributed by atoms with Gasteiger partial charge >= 0.3 is 11.9 Å². The number of amides is 1. The normalized spacial score (nSPS) is 11.5. The molecule has 0 fully saturated rings. The molecule has 0 bridgehead atoms. The molecule has 1 atom stereocenters. The number of aliphatic carboxylic acids is 1. The Hall–Kier alpha value is -3.93. The molecule has 152 valence electrons. The van der Waals surface area contributed by atoms with Crippen molar-refractivity contribution in [3.8, 4) is 5.75 Å². The summed E-state index contributed by atoms with van der Waals surface area (Å²) in [5.74, 6) is -2.62. The standard InChI is InChI=1S/C24H21NO5/c1-16(26)30-20-14-8-13-19(15-20)23(27)25-22(24(28)29)21(17-9-4-2-5-10-17)18-11-6-3-7-12-18/h2-15,21-22H,1H3,(H,25,27)(H,28,29)/t22-/m1/s1. The zero-order valence-electron chi connectivity index (χ0n) is 16.3. The highest BCUT2D eigenvalue weighted by Gasteiger charge is 2.32. The minimum Gasteiger partial charge on any atom is -0.480 e. The van der Waals surface area contributed by atoms with Crippen molar-refractivity contribution in [1.29, 1.82) is 0 Å². The average molecular weight is 403 g/mol. The summed E-state index contributed by atoms with van der Waals surface area (Å²) in [5.41, 5.74) is 1.73. The maximum atomic E-state index is 12.8. The first-order valence-electron chi connectivity index (χ1n) is 9.37. The SMILES string of the molecule is CC(=O)Oc1cccc(C(=O)N[C@@H](C(=O)O)C(c2ccccc2)c2ccccc2)c1. The van der Waals surface area contributed by atoms with Crippen LogP contribution in [0.15, 0.2) is 84.9 Å². The highest BCUT2D eigenvalue weighted by atomic mass is 16.5. The number of esters is 1. The lowest BCUT2D eigenvalue weighted by Crippen LogP contribution is -2.45. The molecule has 6 nitrogen and oxygen atoms in total. The molecule has 2 N–H and O–H groups in total. The van der Waals surface area contributed by atoms with E-state index < -0.39 is 29.8 Å². The predicted molar refractivity (Wildman–Crippen MR) is 111 cm³/mol. The van der Waals surface area contributed by atoms with Crippen LogP contribution in [0.3, 0.4) is 0 Å². The Balaban J connectivity index is 1.94. The van der Waals surface area contributed by atoms with E-state index in [1.165, 1.54) is 19.1 Å². The monoisotopic (exact) mass is 403 g/mol. The molecule has 0 unspecified atom stereocenters. The summed E-state index contributed by atoms with van der Waals surface area (Å²) in [6.07, 6.45) is 0. The van der Waals surface area contributed by atoms with Crippen molar-refractivity contribution in [2.24, 2.45) is 0 Å². The summed E-state index contributed by atoms with van der Waals surface area (Å²) < 4.78 is 5.01. The number of benzene rings is 3. The van der Waals surface area contributed by atoms with Crippen LogP contribution in [0.5, 0.6) is 5.75 Å². The fourth-order valence-corrected chi connectivity index (χ4v) is 3.28. The van der Waals surface area contributed by atoms with Crippen LogP contribution >= 0.6 is 0 Å². The number of carbonyl (C=O) groups is 3. The Kier molecular flexibility index (Phi) is 6.60. The molecule has 0 saturated heterocycles. The minimum atomic E-state index is -1.21. The third-order valence-electron chi connectivity index (χ3n) is 4.56. The summed E-state index contributed by atoms with van der Waals surface area (Å²) in [7, 11) is 0. The van der Waals surface area contributed by atoms with Gasteiger partial charge in [-0.2, -0.15) is 0 Å². The van der Waals surface area contributed by atoms with Gasteiger partial charge in [0.2, 0.25) is 0 Å². The van der Waals surface area contributed by atoms with Crippen LogP contribution in [0.2, 0.25) is 0 Å². The first kappa shape index (κ1) is 20.8. The quantitative estimate of drug-likeness (QED) is 0.464. The molecule has 0 aromatic heterocycles. The third-order valence-corrected chi connectivity index (χ3v) is 4.56. The lowest BCUT2D eigenvalue weighted by atomic mass is 9.85. The van der Waals surface area contributed by atoms with Crippen LogP contribution in [0.4, 0.5) is 0 Å². The zero-order valence-corrected chi connectivity index (χ0v) is 16.3. The molecule has 0 aliphatic carbocycles. The van der Waals surface area contributed by atoms with Gasteiger partial charge in [-0.15, -0.1) is 0 Å². The van der Waals surface area contributed by atoms with Gasteiger partial charge in [0, 0.05) is 18.4 Å². The van der Waals surface area contributed by atoms with Gasteiger partial charge in [0.25, 0.3) is 5.91 Å². The molecular formula is C24H21NO5. The lowest BCUT2D eigenvalue weighted by Gasteiger charge is -2.26. The minimum absolute atomic E-state index is 0.194. The Morgan fingerprint density at radius 1 is 0.833 bits per heavy atom. The Bertz CT molecular complexity index is 994. The number of hydrogen-bond acceptors (Lipinski definition) is 4. The average Bonchev–Trinajstić information content (AvgIpc) is 2.74. The van der Waals surface area contributed by atoms with Crippen LogP contribution in [0, 0.1) is 0 Å². The summed E-state index contributed by atoms with van der Waals surface area (Å²) in [6.45, 7) is 1.26. The van der Waals surface area contributed by atoms with Gasteiger partial charge in [-0.05, 0) is 29.3 Å². The second-order valence-corrected chi connectivity index (χ2v) is 6.71. The smallest absolute Gasteiger partial charge is 0.327 e. The van der Waals surface area contributed by atoms with Gasteiger partial charge in [0.05, 0.1) is 0 Å². The fourth-order valence-electron chi connectivity index (χ4n) is 3.28. The molecule has 0 spiro atoms. The molecule has 3 aromatic rings. The van der Waals surface area contributed by atoms with Gasteiger partial charge in [0.1, 0.15) is 11.8 Å². The van der Waals surface area contributed by atoms with Crippen LogP contribution in [-0.2, 0) is 9.59 Å². The molecule has 3 aromatic carbocycles. The number of rotatable bonds is 7. The second-order valence-electron chi connectivity index (χ2n) is 6.71. The van der Waals surface area contributed by atoms with E-state index in [1.54, 1.807) is 12.1 Å². The topological polar surface area (TPSA) is 92.7 Å². The molecule has 0 aliphatic rings. The molecule has 6 heteroatoms. The fraction of sp³-hybridized carbons (Fsp3) is 0.125. The van der Waals surface area contributed by atoms with Crippen LogP contribution < -0.4 is 10.1 Å². The first-order valence-corrected chi connectivity index (χ1v) is 9.37. The van der Waals surface area contributed by atoms with E-state index in [4.69, 9.17) is 4.74 Å². The number of nitrogens with one attached hydrogen (secondary N) is 1. The molecule has 0 saturated carbocycles. The lowest BCUT2D eigenvalue weighted by molar-refractivity contribution is -0.139. The molecule has 0 aliphatic heterocycles. The van der Waals surface area contributed by atoms with Crippen molar-refractivity contribution in [2.75, 3.05) is 0 Å². The highest BCUT2D eigenvalue weighted by molar-refractivity contribution is 5.97. The predicted octanol–water partition coefficient (Wildman–Crippen LogP) is 3.63. The number of carboxylic acid groups (broad SMARTS) is 1. The zero-order chi connectivity index (χ0) is 21.5. The highest BCUT2D eigenvalue weighted by Crippen LogP contribution is 2.28. The Morgan fingerprint density at radius 3 is 1.90 bits per heavy atom. The van der Waals surface area contributed by atoms with Crippen molar-refractivity contribution < 1.29 is 24.2 Å². The molecule has 1 amide bonds. The van der Waals surface area contributed by atoms with Gasteiger partial charge in [-0.1, -0.05) is 66.7 Å². The third kappa shape index (κ3) is 5.11. The van der Waals surface area contributed by atoms with Crippen molar-refractivity contribution >= 4 is 17.8 Å². The van der Waals surface area contributed by atoms with Crippen molar-refractivity contribution in [3.05, 3.63) is 102 Å². The van der Waals surface area contributed by atoms with Gasteiger partial charge in [0.15, 0.2) is 0 Å². The summed E-state index contributed by atoms with van der Waals surface area (Å²) in [4.78, 5) is 36.2. The summed E-state index contributed by atoms with van der Waals surface area (Å²) in [6, 6.07) is 23.2. The molecular weight excluding hydrogens is 382 g/mol.